The average molecular weight is 316 g/mol. The van der Waals surface area contributed by atoms with Crippen LogP contribution in [0.5, 0.6) is 0 Å². The Morgan fingerprint density at radius 1 is 1.30 bits per heavy atom. The second-order valence-electron chi connectivity index (χ2n) is 8.68. The second-order valence-corrected chi connectivity index (χ2v) is 8.68. The van der Waals surface area contributed by atoms with E-state index in [2.05, 4.69) is 26.5 Å². The molecule has 0 spiro atoms. The van der Waals surface area contributed by atoms with E-state index in [1.807, 2.05) is 6.92 Å². The third-order valence-corrected chi connectivity index (χ3v) is 7.50. The maximum Gasteiger partial charge on any atom is 0.181 e. The normalized spacial score (nSPS) is 46.3. The molecule has 23 heavy (non-hydrogen) atoms. The molecule has 3 rings (SSSR count). The number of hydrogen-bond donors (Lipinski definition) is 1. The van der Waals surface area contributed by atoms with Gasteiger partial charge in [-0.1, -0.05) is 33.4 Å². The molecule has 3 heteroatoms. The van der Waals surface area contributed by atoms with Crippen LogP contribution in [0.3, 0.4) is 0 Å². The maximum atomic E-state index is 12.2. The van der Waals surface area contributed by atoms with Gasteiger partial charge in [-0.05, 0) is 61.0 Å². The summed E-state index contributed by atoms with van der Waals surface area (Å²) in [6, 6.07) is 0. The van der Waals surface area contributed by atoms with Gasteiger partial charge in [0.1, 0.15) is 6.61 Å². The van der Waals surface area contributed by atoms with E-state index < -0.39 is 5.41 Å². The van der Waals surface area contributed by atoms with Crippen LogP contribution in [0.2, 0.25) is 0 Å². The molecular formula is C20H28O3. The summed E-state index contributed by atoms with van der Waals surface area (Å²) in [5.41, 5.74) is 0.316. The molecule has 0 aromatic carbocycles. The van der Waals surface area contributed by atoms with Crippen molar-refractivity contribution in [1.29, 1.82) is 0 Å². The first kappa shape index (κ1) is 16.6. The first-order valence-corrected chi connectivity index (χ1v) is 8.73. The summed E-state index contributed by atoms with van der Waals surface area (Å²) in [5.74, 6) is 0.821. The predicted octanol–water partition coefficient (Wildman–Crippen LogP) is 3.47. The van der Waals surface area contributed by atoms with Crippen LogP contribution in [0, 0.1) is 28.1 Å². The van der Waals surface area contributed by atoms with Crippen molar-refractivity contribution in [3.63, 3.8) is 0 Å². The Morgan fingerprint density at radius 3 is 2.65 bits per heavy atom. The highest BCUT2D eigenvalue weighted by atomic mass is 16.3. The van der Waals surface area contributed by atoms with Gasteiger partial charge in [-0.2, -0.15) is 0 Å². The topological polar surface area (TPSA) is 54.4 Å². The van der Waals surface area contributed by atoms with E-state index in [1.165, 1.54) is 0 Å². The van der Waals surface area contributed by atoms with E-state index in [0.29, 0.717) is 11.8 Å². The van der Waals surface area contributed by atoms with Gasteiger partial charge >= 0.3 is 0 Å². The highest BCUT2D eigenvalue weighted by molar-refractivity contribution is 6.05. The van der Waals surface area contributed by atoms with Crippen LogP contribution >= 0.6 is 0 Å². The lowest BCUT2D eigenvalue weighted by atomic mass is 9.43. The Morgan fingerprint density at radius 2 is 2.00 bits per heavy atom. The molecule has 2 saturated carbocycles. The summed E-state index contributed by atoms with van der Waals surface area (Å²) in [6.07, 6.45) is 8.43. The molecule has 0 saturated heterocycles. The van der Waals surface area contributed by atoms with Crippen molar-refractivity contribution in [1.82, 2.24) is 0 Å². The zero-order chi connectivity index (χ0) is 17.0. The molecule has 3 aliphatic carbocycles. The number of aliphatic hydroxyl groups excluding tert-OH is 1. The van der Waals surface area contributed by atoms with Crippen LogP contribution < -0.4 is 0 Å². The van der Waals surface area contributed by atoms with Crippen molar-refractivity contribution < 1.29 is 14.7 Å². The van der Waals surface area contributed by atoms with Gasteiger partial charge in [-0.3, -0.25) is 9.59 Å². The zero-order valence-electron chi connectivity index (χ0n) is 14.5. The molecule has 0 bridgehead atoms. The largest absolute Gasteiger partial charge is 0.389 e. The lowest BCUT2D eigenvalue weighted by Crippen LogP contribution is -2.55. The van der Waals surface area contributed by atoms with Crippen molar-refractivity contribution in [3.8, 4) is 0 Å². The molecule has 2 fully saturated rings. The molecule has 0 radical (unpaired) electrons. The number of Topliss-reactive ketones (excluding diaryl/α,β-unsaturated/α-hetero) is 1. The van der Waals surface area contributed by atoms with E-state index in [0.717, 1.165) is 37.7 Å². The van der Waals surface area contributed by atoms with Crippen molar-refractivity contribution in [3.05, 3.63) is 24.3 Å². The quantitative estimate of drug-likeness (QED) is 0.794. The number of aliphatic hydroxyl groups is 1. The van der Waals surface area contributed by atoms with Crippen molar-refractivity contribution in [2.75, 3.05) is 6.61 Å². The summed E-state index contributed by atoms with van der Waals surface area (Å²) < 4.78 is 0. The standard InChI is InChI=1S/C20H28O3/c1-13-15(22)5-6-16-19(13,3)8-7-14-11-18(2,17(23)12-21)9-10-20(14,16)4/h5-6,14,16,21H,1,7-12H2,2-4H3/t14-,16-,18-,19+,20-/m0/s1. The summed E-state index contributed by atoms with van der Waals surface area (Å²) >= 11 is 0. The molecule has 126 valence electrons. The van der Waals surface area contributed by atoms with Gasteiger partial charge in [0.05, 0.1) is 0 Å². The SMILES string of the molecule is C=C1C(=O)C=C[C@@H]2[C@@]3(C)CC[C@](C)(C(=O)CO)C[C@@H]3CC[C@]12C. The highest BCUT2D eigenvalue weighted by Gasteiger charge is 2.58. The molecule has 3 nitrogen and oxygen atoms in total. The monoisotopic (exact) mass is 316 g/mol. The number of fused-ring (bicyclic) bond motifs is 3. The van der Waals surface area contributed by atoms with Gasteiger partial charge in [-0.25, -0.2) is 0 Å². The molecule has 1 N–H and O–H groups in total. The fourth-order valence-electron chi connectivity index (χ4n) is 5.61. The Bertz CT molecular complexity index is 604. The zero-order valence-corrected chi connectivity index (χ0v) is 14.5. The molecule has 0 aliphatic heterocycles. The number of carbonyl (C=O) groups excluding carboxylic acids is 2. The predicted molar refractivity (Wildman–Crippen MR) is 89.8 cm³/mol. The van der Waals surface area contributed by atoms with E-state index >= 15 is 0 Å². The molecular weight excluding hydrogens is 288 g/mol. The summed E-state index contributed by atoms with van der Waals surface area (Å²) in [6.45, 7) is 10.3. The minimum Gasteiger partial charge on any atom is -0.389 e. The lowest BCUT2D eigenvalue weighted by Gasteiger charge is -2.60. The van der Waals surface area contributed by atoms with Crippen LogP contribution in [0.1, 0.15) is 52.9 Å². The van der Waals surface area contributed by atoms with E-state index in [-0.39, 0.29) is 29.0 Å². The molecule has 0 amide bonds. The van der Waals surface area contributed by atoms with Crippen LogP contribution in [0.25, 0.3) is 0 Å². The fraction of sp³-hybridized carbons (Fsp3) is 0.700. The molecule has 3 aliphatic rings. The minimum atomic E-state index is -0.391. The first-order chi connectivity index (χ1) is 10.7. The van der Waals surface area contributed by atoms with Crippen LogP contribution in [0.15, 0.2) is 24.3 Å². The third kappa shape index (κ3) is 2.20. The van der Waals surface area contributed by atoms with Gasteiger partial charge in [0.25, 0.3) is 0 Å². The maximum absolute atomic E-state index is 12.2. The molecule has 5 atom stereocenters. The Hall–Kier alpha value is -1.22. The summed E-state index contributed by atoms with van der Waals surface area (Å²) in [4.78, 5) is 24.3. The summed E-state index contributed by atoms with van der Waals surface area (Å²) in [7, 11) is 0. The Balaban J connectivity index is 1.95. The minimum absolute atomic E-state index is 0.0216. The molecule has 0 heterocycles. The first-order valence-electron chi connectivity index (χ1n) is 8.73. The van der Waals surface area contributed by atoms with E-state index in [1.54, 1.807) is 6.08 Å². The number of hydrogen-bond acceptors (Lipinski definition) is 3. The number of carbonyl (C=O) groups is 2. The van der Waals surface area contributed by atoms with Crippen molar-refractivity contribution in [2.45, 2.75) is 52.9 Å². The fourth-order valence-corrected chi connectivity index (χ4v) is 5.61. The van der Waals surface area contributed by atoms with E-state index in [4.69, 9.17) is 0 Å². The van der Waals surface area contributed by atoms with Gasteiger partial charge in [0.2, 0.25) is 0 Å². The van der Waals surface area contributed by atoms with E-state index in [9.17, 15) is 14.7 Å². The smallest absolute Gasteiger partial charge is 0.181 e. The van der Waals surface area contributed by atoms with Crippen LogP contribution in [-0.2, 0) is 9.59 Å². The van der Waals surface area contributed by atoms with Gasteiger partial charge in [0.15, 0.2) is 11.6 Å². The van der Waals surface area contributed by atoms with Gasteiger partial charge < -0.3 is 5.11 Å². The Labute approximate surface area is 138 Å². The molecule has 0 aromatic rings. The molecule has 0 unspecified atom stereocenters. The van der Waals surface area contributed by atoms with Gasteiger partial charge in [0, 0.05) is 10.8 Å². The number of ketones is 2. The average Bonchev–Trinajstić information content (AvgIpc) is 2.52. The van der Waals surface area contributed by atoms with Crippen LogP contribution in [-0.4, -0.2) is 23.3 Å². The second kappa shape index (κ2) is 5.14. The lowest BCUT2D eigenvalue weighted by molar-refractivity contribution is -0.141. The Kier molecular flexibility index (Phi) is 3.72. The molecule has 0 aromatic heterocycles. The third-order valence-electron chi connectivity index (χ3n) is 7.50. The van der Waals surface area contributed by atoms with Crippen molar-refractivity contribution in [2.24, 2.45) is 28.1 Å². The van der Waals surface area contributed by atoms with Crippen molar-refractivity contribution >= 4 is 11.6 Å². The highest BCUT2D eigenvalue weighted by Crippen LogP contribution is 2.65. The number of allylic oxidation sites excluding steroid dienone is 3. The number of rotatable bonds is 2. The van der Waals surface area contributed by atoms with Gasteiger partial charge in [-0.15, -0.1) is 0 Å². The summed E-state index contributed by atoms with van der Waals surface area (Å²) in [5, 5.41) is 9.30. The van der Waals surface area contributed by atoms with Crippen LogP contribution in [0.4, 0.5) is 0 Å².